The van der Waals surface area contributed by atoms with E-state index in [0.717, 1.165) is 54.8 Å². The van der Waals surface area contributed by atoms with E-state index >= 15 is 0 Å². The summed E-state index contributed by atoms with van der Waals surface area (Å²) in [5, 5.41) is 13.8. The summed E-state index contributed by atoms with van der Waals surface area (Å²) in [6.07, 6.45) is 11.2. The number of aromatic nitrogens is 1. The van der Waals surface area contributed by atoms with Gasteiger partial charge >= 0.3 is 0 Å². The van der Waals surface area contributed by atoms with Gasteiger partial charge in [-0.2, -0.15) is 5.26 Å². The zero-order valence-electron chi connectivity index (χ0n) is 15.5. The van der Waals surface area contributed by atoms with Gasteiger partial charge in [-0.15, -0.1) is 12.8 Å². The first-order valence-electron chi connectivity index (χ1n) is 9.19. The van der Waals surface area contributed by atoms with Crippen LogP contribution in [0.2, 0.25) is 0 Å². The lowest BCUT2D eigenvalue weighted by molar-refractivity contribution is 1.51. The zero-order chi connectivity index (χ0) is 20.0. The van der Waals surface area contributed by atoms with Gasteiger partial charge in [0, 0.05) is 38.4 Å². The molecule has 0 amide bonds. The van der Waals surface area contributed by atoms with Crippen molar-refractivity contribution in [2.24, 2.45) is 0 Å². The van der Waals surface area contributed by atoms with Gasteiger partial charge in [-0.05, 0) is 41.3 Å². The molecule has 0 aliphatic carbocycles. The van der Waals surface area contributed by atoms with Gasteiger partial charge in [0.15, 0.2) is 0 Å². The van der Waals surface area contributed by atoms with Crippen LogP contribution in [-0.4, -0.2) is 4.98 Å². The molecule has 29 heavy (non-hydrogen) atoms. The lowest BCUT2D eigenvalue weighted by Gasteiger charge is -2.12. The second-order valence-electron chi connectivity index (χ2n) is 6.91. The van der Waals surface area contributed by atoms with Gasteiger partial charge in [-0.25, -0.2) is 0 Å². The van der Waals surface area contributed by atoms with Gasteiger partial charge in [0.05, 0.1) is 11.1 Å². The fourth-order valence-corrected chi connectivity index (χ4v) is 4.07. The Morgan fingerprint density at radius 1 is 0.759 bits per heavy atom. The van der Waals surface area contributed by atoms with Crippen molar-refractivity contribution in [1.29, 1.82) is 5.26 Å². The van der Waals surface area contributed by atoms with Gasteiger partial charge < -0.3 is 4.98 Å². The summed E-state index contributed by atoms with van der Waals surface area (Å²) in [7, 11) is 0. The fraction of sp³-hybridized carbons (Fsp3) is 0. The van der Waals surface area contributed by atoms with Crippen molar-refractivity contribution < 1.29 is 0 Å². The van der Waals surface area contributed by atoms with E-state index in [9.17, 15) is 5.26 Å². The van der Waals surface area contributed by atoms with E-state index in [0.29, 0.717) is 5.56 Å². The highest BCUT2D eigenvalue weighted by atomic mass is 14.7. The highest BCUT2D eigenvalue weighted by molar-refractivity contribution is 6.23. The monoisotopic (exact) mass is 366 g/mol. The van der Waals surface area contributed by atoms with E-state index in [1.165, 1.54) is 0 Å². The third-order valence-electron chi connectivity index (χ3n) is 5.38. The standard InChI is InChI=1S/C27H14N2/c1-3-17-9-12-19(13-10-17)25-22-15-18(4-2)11-14-20(22)23(16-28)26-21-7-5-6-8-24(21)29-27(25)26/h1-2,5-15,29H. The number of aromatic amines is 1. The number of para-hydroxylation sites is 1. The molecule has 2 nitrogen and oxygen atoms in total. The maximum Gasteiger partial charge on any atom is 0.101 e. The summed E-state index contributed by atoms with van der Waals surface area (Å²) in [6, 6.07) is 24.2. The Bertz CT molecular complexity index is 1560. The highest BCUT2D eigenvalue weighted by Crippen LogP contribution is 2.42. The summed E-state index contributed by atoms with van der Waals surface area (Å²) in [4.78, 5) is 3.53. The Balaban J connectivity index is 2.06. The van der Waals surface area contributed by atoms with Gasteiger partial charge in [-0.3, -0.25) is 0 Å². The van der Waals surface area contributed by atoms with Gasteiger partial charge in [0.25, 0.3) is 0 Å². The van der Waals surface area contributed by atoms with E-state index in [4.69, 9.17) is 12.8 Å². The second-order valence-corrected chi connectivity index (χ2v) is 6.91. The fourth-order valence-electron chi connectivity index (χ4n) is 4.07. The van der Waals surface area contributed by atoms with E-state index in [1.54, 1.807) is 0 Å². The summed E-state index contributed by atoms with van der Waals surface area (Å²) >= 11 is 0. The van der Waals surface area contributed by atoms with Crippen LogP contribution in [0.5, 0.6) is 0 Å². The molecule has 0 aliphatic heterocycles. The van der Waals surface area contributed by atoms with E-state index < -0.39 is 0 Å². The Morgan fingerprint density at radius 2 is 1.48 bits per heavy atom. The Labute approximate surface area is 168 Å². The topological polar surface area (TPSA) is 39.6 Å². The number of nitrogens with zero attached hydrogens (tertiary/aromatic N) is 1. The number of terminal acetylenes is 2. The Hall–Kier alpha value is -4.45. The average molecular weight is 366 g/mol. The highest BCUT2D eigenvalue weighted by Gasteiger charge is 2.19. The molecule has 4 aromatic carbocycles. The predicted octanol–water partition coefficient (Wildman–Crippen LogP) is 5.98. The van der Waals surface area contributed by atoms with Crippen LogP contribution in [0.4, 0.5) is 0 Å². The summed E-state index contributed by atoms with van der Waals surface area (Å²) < 4.78 is 0. The van der Waals surface area contributed by atoms with Crippen LogP contribution in [0.1, 0.15) is 16.7 Å². The number of nitriles is 1. The van der Waals surface area contributed by atoms with Crippen molar-refractivity contribution >= 4 is 32.6 Å². The van der Waals surface area contributed by atoms with Crippen molar-refractivity contribution in [3.63, 3.8) is 0 Å². The van der Waals surface area contributed by atoms with Crippen LogP contribution in [0.3, 0.4) is 0 Å². The van der Waals surface area contributed by atoms with Crippen molar-refractivity contribution in [1.82, 2.24) is 4.98 Å². The molecule has 1 aromatic heterocycles. The second kappa shape index (κ2) is 6.31. The summed E-state index contributed by atoms with van der Waals surface area (Å²) in [5.41, 5.74) is 6.21. The third-order valence-corrected chi connectivity index (χ3v) is 5.38. The first kappa shape index (κ1) is 16.7. The quantitative estimate of drug-likeness (QED) is 0.364. The average Bonchev–Trinajstić information content (AvgIpc) is 3.16. The molecule has 0 radical (unpaired) electrons. The molecule has 0 atom stereocenters. The molecule has 0 saturated heterocycles. The van der Waals surface area contributed by atoms with E-state index in [-0.39, 0.29) is 0 Å². The van der Waals surface area contributed by atoms with Crippen LogP contribution in [0.25, 0.3) is 43.7 Å². The van der Waals surface area contributed by atoms with Crippen LogP contribution < -0.4 is 0 Å². The van der Waals surface area contributed by atoms with Crippen LogP contribution in [0.15, 0.2) is 66.7 Å². The summed E-state index contributed by atoms with van der Waals surface area (Å²) in [6.45, 7) is 0. The Morgan fingerprint density at radius 3 is 2.21 bits per heavy atom. The van der Waals surface area contributed by atoms with Crippen LogP contribution >= 0.6 is 0 Å². The normalized spacial score (nSPS) is 10.7. The molecule has 1 N–H and O–H groups in total. The minimum Gasteiger partial charge on any atom is -0.354 e. The molecule has 0 saturated carbocycles. The van der Waals surface area contributed by atoms with E-state index in [1.807, 2.05) is 66.7 Å². The van der Waals surface area contributed by atoms with Crippen molar-refractivity contribution in [3.8, 4) is 41.9 Å². The molecule has 0 bridgehead atoms. The van der Waals surface area contributed by atoms with Crippen molar-refractivity contribution in [2.75, 3.05) is 0 Å². The first-order chi connectivity index (χ1) is 14.2. The number of nitrogens with one attached hydrogen (secondary N) is 1. The third kappa shape index (κ3) is 2.40. The number of rotatable bonds is 1. The molecule has 0 fully saturated rings. The molecular weight excluding hydrogens is 352 g/mol. The molecule has 0 spiro atoms. The van der Waals surface area contributed by atoms with Gasteiger partial charge in [0.2, 0.25) is 0 Å². The first-order valence-corrected chi connectivity index (χ1v) is 9.19. The molecule has 5 aromatic rings. The molecule has 0 aliphatic rings. The molecule has 2 heteroatoms. The molecule has 5 rings (SSSR count). The van der Waals surface area contributed by atoms with Crippen LogP contribution in [0, 0.1) is 36.0 Å². The molecule has 0 unspecified atom stereocenters. The number of hydrogen-bond acceptors (Lipinski definition) is 1. The number of hydrogen-bond donors (Lipinski definition) is 1. The molecule has 132 valence electrons. The van der Waals surface area contributed by atoms with Gasteiger partial charge in [0.1, 0.15) is 6.07 Å². The maximum absolute atomic E-state index is 10.0. The molecule has 1 heterocycles. The Kier molecular flexibility index (Phi) is 3.64. The zero-order valence-corrected chi connectivity index (χ0v) is 15.5. The number of benzene rings is 4. The lowest BCUT2D eigenvalue weighted by Crippen LogP contribution is -1.90. The predicted molar refractivity (Wildman–Crippen MR) is 119 cm³/mol. The van der Waals surface area contributed by atoms with Crippen LogP contribution in [-0.2, 0) is 0 Å². The SMILES string of the molecule is C#Cc1ccc(-c2c3cc(C#C)ccc3c(C#N)c3c2[nH]c2ccccc23)cc1. The van der Waals surface area contributed by atoms with Gasteiger partial charge in [-0.1, -0.05) is 48.2 Å². The molecular formula is C27H14N2. The number of H-pyrrole nitrogens is 1. The van der Waals surface area contributed by atoms with E-state index in [2.05, 4.69) is 22.9 Å². The smallest absolute Gasteiger partial charge is 0.101 e. The lowest BCUT2D eigenvalue weighted by atomic mass is 9.90. The van der Waals surface area contributed by atoms with Crippen molar-refractivity contribution in [2.45, 2.75) is 0 Å². The summed E-state index contributed by atoms with van der Waals surface area (Å²) in [5.74, 6) is 5.37. The minimum absolute atomic E-state index is 0.653. The van der Waals surface area contributed by atoms with Crippen molar-refractivity contribution in [3.05, 3.63) is 83.4 Å². The number of fused-ring (bicyclic) bond motifs is 4. The maximum atomic E-state index is 10.0. The largest absolute Gasteiger partial charge is 0.354 e. The minimum atomic E-state index is 0.653.